The van der Waals surface area contributed by atoms with Gasteiger partial charge in [-0.25, -0.2) is 0 Å². The number of hydrogen-bond acceptors (Lipinski definition) is 3. The molecule has 0 spiro atoms. The Morgan fingerprint density at radius 2 is 1.55 bits per heavy atom. The molecule has 0 saturated carbocycles. The van der Waals surface area contributed by atoms with Crippen molar-refractivity contribution in [2.75, 3.05) is 0 Å². The predicted molar refractivity (Wildman–Crippen MR) is 80.3 cm³/mol. The van der Waals surface area contributed by atoms with E-state index in [-0.39, 0.29) is 5.69 Å². The minimum atomic E-state index is -0.419. The molecule has 4 nitrogen and oxygen atoms in total. The molecule has 0 N–H and O–H groups in total. The molecule has 0 amide bonds. The van der Waals surface area contributed by atoms with Crippen LogP contribution in [0.1, 0.15) is 26.3 Å². The first kappa shape index (κ1) is 15.6. The van der Waals surface area contributed by atoms with E-state index in [1.165, 1.54) is 12.1 Å². The van der Waals surface area contributed by atoms with E-state index >= 15 is 0 Å². The number of carbonyl (C=O) groups is 1. The number of nitrogens with zero attached hydrogens (tertiary/aromatic N) is 1. The first-order chi connectivity index (χ1) is 9.42. The lowest BCUT2D eigenvalue weighted by Crippen LogP contribution is -1.86. The molecule has 1 aromatic carbocycles. The highest BCUT2D eigenvalue weighted by Gasteiger charge is 2.02. The van der Waals surface area contributed by atoms with Crippen LogP contribution in [-0.4, -0.2) is 11.2 Å². The third-order valence-corrected chi connectivity index (χ3v) is 2.59. The maximum atomic E-state index is 10.6. The number of aldehydes is 1. The van der Waals surface area contributed by atoms with Crippen LogP contribution in [0.15, 0.2) is 53.1 Å². The van der Waals surface area contributed by atoms with Gasteiger partial charge in [0.05, 0.1) is 4.92 Å². The average molecular weight is 271 g/mol. The van der Waals surface area contributed by atoms with Crippen molar-refractivity contribution in [2.45, 2.75) is 20.8 Å². The standard InChI is InChI=1S/C16H17NO3/c1-12(9-14(3)11-18)8-13(2)10-15-4-6-16(7-5-15)17(19)20/h4-11H,1-3H3/b12-8+,13-10+,14-9-. The van der Waals surface area contributed by atoms with Crippen molar-refractivity contribution in [1.82, 2.24) is 0 Å². The summed E-state index contributed by atoms with van der Waals surface area (Å²) in [5.41, 5.74) is 3.63. The van der Waals surface area contributed by atoms with Crippen LogP contribution in [-0.2, 0) is 4.79 Å². The van der Waals surface area contributed by atoms with Gasteiger partial charge in [0.25, 0.3) is 5.69 Å². The molecule has 0 aromatic heterocycles. The van der Waals surface area contributed by atoms with Crippen molar-refractivity contribution in [3.05, 3.63) is 68.8 Å². The normalized spacial score (nSPS) is 13.2. The molecule has 1 rings (SSSR count). The molecule has 0 aliphatic heterocycles. The second kappa shape index (κ2) is 7.19. The molecule has 104 valence electrons. The lowest BCUT2D eigenvalue weighted by Gasteiger charge is -1.98. The van der Waals surface area contributed by atoms with Crippen molar-refractivity contribution in [3.63, 3.8) is 0 Å². The topological polar surface area (TPSA) is 60.2 Å². The number of benzene rings is 1. The van der Waals surface area contributed by atoms with E-state index < -0.39 is 4.92 Å². The lowest BCUT2D eigenvalue weighted by atomic mass is 10.1. The Balaban J connectivity index is 2.91. The molecule has 1 aromatic rings. The number of nitro benzene ring substituents is 1. The minimum absolute atomic E-state index is 0.0797. The van der Waals surface area contributed by atoms with Gasteiger partial charge in [0.15, 0.2) is 0 Å². The monoisotopic (exact) mass is 271 g/mol. The Morgan fingerprint density at radius 1 is 1.00 bits per heavy atom. The molecule has 0 unspecified atom stereocenters. The third-order valence-electron chi connectivity index (χ3n) is 2.59. The molecule has 0 saturated heterocycles. The molecule has 0 radical (unpaired) electrons. The fourth-order valence-electron chi connectivity index (χ4n) is 1.79. The zero-order chi connectivity index (χ0) is 15.1. The van der Waals surface area contributed by atoms with Crippen LogP contribution >= 0.6 is 0 Å². The van der Waals surface area contributed by atoms with Crippen LogP contribution < -0.4 is 0 Å². The first-order valence-electron chi connectivity index (χ1n) is 6.17. The van der Waals surface area contributed by atoms with Gasteiger partial charge in [0.2, 0.25) is 0 Å². The molecule has 0 aliphatic rings. The van der Waals surface area contributed by atoms with Crippen LogP contribution in [0, 0.1) is 10.1 Å². The third kappa shape index (κ3) is 5.02. The highest BCUT2D eigenvalue weighted by molar-refractivity contribution is 5.73. The van der Waals surface area contributed by atoms with E-state index in [0.29, 0.717) is 5.57 Å². The van der Waals surface area contributed by atoms with Crippen LogP contribution in [0.4, 0.5) is 5.69 Å². The molecular formula is C16H17NO3. The molecule has 0 heterocycles. The zero-order valence-corrected chi connectivity index (χ0v) is 11.8. The Morgan fingerprint density at radius 3 is 2.05 bits per heavy atom. The van der Waals surface area contributed by atoms with Gasteiger partial charge in [0, 0.05) is 12.1 Å². The van der Waals surface area contributed by atoms with Gasteiger partial charge in [0.1, 0.15) is 6.29 Å². The number of carbonyl (C=O) groups excluding carboxylic acids is 1. The maximum Gasteiger partial charge on any atom is 0.269 e. The van der Waals surface area contributed by atoms with Gasteiger partial charge in [-0.1, -0.05) is 29.4 Å². The summed E-state index contributed by atoms with van der Waals surface area (Å²) in [4.78, 5) is 20.7. The summed E-state index contributed by atoms with van der Waals surface area (Å²) in [6.45, 7) is 5.61. The number of non-ortho nitro benzene ring substituents is 1. The van der Waals surface area contributed by atoms with Gasteiger partial charge in [-0.3, -0.25) is 14.9 Å². The van der Waals surface area contributed by atoms with E-state index in [1.54, 1.807) is 25.1 Å². The van der Waals surface area contributed by atoms with Gasteiger partial charge < -0.3 is 0 Å². The highest BCUT2D eigenvalue weighted by atomic mass is 16.6. The summed E-state index contributed by atoms with van der Waals surface area (Å²) < 4.78 is 0. The van der Waals surface area contributed by atoms with Crippen LogP contribution in [0.2, 0.25) is 0 Å². The summed E-state index contributed by atoms with van der Waals surface area (Å²) >= 11 is 0. The van der Waals surface area contributed by atoms with Crippen molar-refractivity contribution < 1.29 is 9.72 Å². The van der Waals surface area contributed by atoms with Crippen LogP contribution in [0.3, 0.4) is 0 Å². The Labute approximate surface area is 118 Å². The minimum Gasteiger partial charge on any atom is -0.298 e. The molecule has 0 atom stereocenters. The number of nitro groups is 1. The lowest BCUT2D eigenvalue weighted by molar-refractivity contribution is -0.384. The maximum absolute atomic E-state index is 10.6. The summed E-state index contributed by atoms with van der Waals surface area (Å²) in [6.07, 6.45) is 6.50. The number of rotatable bonds is 5. The molecule has 0 fully saturated rings. The van der Waals surface area contributed by atoms with Crippen LogP contribution in [0.5, 0.6) is 0 Å². The van der Waals surface area contributed by atoms with Gasteiger partial charge in [-0.2, -0.15) is 0 Å². The molecule has 4 heteroatoms. The quantitative estimate of drug-likeness (QED) is 0.266. The zero-order valence-electron chi connectivity index (χ0n) is 11.8. The summed E-state index contributed by atoms with van der Waals surface area (Å²) in [7, 11) is 0. The van der Waals surface area contributed by atoms with E-state index in [9.17, 15) is 14.9 Å². The van der Waals surface area contributed by atoms with Crippen LogP contribution in [0.25, 0.3) is 6.08 Å². The predicted octanol–water partition coefficient (Wildman–Crippen LogP) is 4.09. The summed E-state index contributed by atoms with van der Waals surface area (Å²) in [6, 6.07) is 6.37. The Hall–Kier alpha value is -2.49. The second-order valence-corrected chi connectivity index (χ2v) is 4.63. The molecule has 0 aliphatic carbocycles. The molecule has 20 heavy (non-hydrogen) atoms. The number of hydrogen-bond donors (Lipinski definition) is 0. The fourth-order valence-corrected chi connectivity index (χ4v) is 1.79. The summed E-state index contributed by atoms with van der Waals surface area (Å²) in [5, 5.41) is 10.6. The van der Waals surface area contributed by atoms with Gasteiger partial charge in [-0.15, -0.1) is 0 Å². The van der Waals surface area contributed by atoms with E-state index in [1.807, 2.05) is 26.0 Å². The molecular weight excluding hydrogens is 254 g/mol. The van der Waals surface area contributed by atoms with E-state index in [0.717, 1.165) is 23.0 Å². The fraction of sp³-hybridized carbons (Fsp3) is 0.188. The van der Waals surface area contributed by atoms with Gasteiger partial charge in [-0.05, 0) is 44.0 Å². The van der Waals surface area contributed by atoms with Gasteiger partial charge >= 0.3 is 0 Å². The van der Waals surface area contributed by atoms with E-state index in [2.05, 4.69) is 0 Å². The largest absolute Gasteiger partial charge is 0.298 e. The summed E-state index contributed by atoms with van der Waals surface area (Å²) in [5.74, 6) is 0. The van der Waals surface area contributed by atoms with Crippen molar-refractivity contribution in [2.24, 2.45) is 0 Å². The number of allylic oxidation sites excluding steroid dienone is 5. The van der Waals surface area contributed by atoms with Crippen molar-refractivity contribution in [3.8, 4) is 0 Å². The smallest absolute Gasteiger partial charge is 0.269 e. The average Bonchev–Trinajstić information content (AvgIpc) is 2.38. The molecule has 0 bridgehead atoms. The second-order valence-electron chi connectivity index (χ2n) is 4.63. The first-order valence-corrected chi connectivity index (χ1v) is 6.17. The van der Waals surface area contributed by atoms with Crippen molar-refractivity contribution in [1.29, 1.82) is 0 Å². The van der Waals surface area contributed by atoms with E-state index in [4.69, 9.17) is 0 Å². The highest BCUT2D eigenvalue weighted by Crippen LogP contribution is 2.15. The van der Waals surface area contributed by atoms with Crippen molar-refractivity contribution >= 4 is 18.0 Å². The SMILES string of the molecule is C/C(C=O)=C/C(C)=C/C(C)=C/c1ccc([N+](=O)[O-])cc1. The Bertz CT molecular complexity index is 593. The Kier molecular flexibility index (Phi) is 5.59.